The quantitative estimate of drug-likeness (QED) is 0.849. The van der Waals surface area contributed by atoms with Gasteiger partial charge in [-0.05, 0) is 26.0 Å². The Balaban J connectivity index is 1.94. The normalized spacial score (nSPS) is 10.3. The van der Waals surface area contributed by atoms with Crippen molar-refractivity contribution >= 4 is 5.82 Å². The third-order valence-corrected chi connectivity index (χ3v) is 2.56. The lowest BCUT2D eigenvalue weighted by molar-refractivity contribution is 0.324. The van der Waals surface area contributed by atoms with Gasteiger partial charge >= 0.3 is 0 Å². The molecule has 1 N–H and O–H groups in total. The van der Waals surface area contributed by atoms with Gasteiger partial charge in [-0.3, -0.25) is 0 Å². The molecule has 2 rings (SSSR count). The molecule has 0 atom stereocenters. The second-order valence-electron chi connectivity index (χ2n) is 3.84. The largest absolute Gasteiger partial charge is 0.478 e. The van der Waals surface area contributed by atoms with Crippen LogP contribution in [-0.4, -0.2) is 23.1 Å². The summed E-state index contributed by atoms with van der Waals surface area (Å²) in [6, 6.07) is 3.85. The van der Waals surface area contributed by atoms with Gasteiger partial charge in [0, 0.05) is 13.0 Å². The number of anilines is 1. The van der Waals surface area contributed by atoms with E-state index < -0.39 is 0 Å². The molecule has 2 aromatic heterocycles. The number of nitrogens with zero attached hydrogens (tertiary/aromatic N) is 2. The van der Waals surface area contributed by atoms with Gasteiger partial charge in [-0.2, -0.15) is 0 Å². The van der Waals surface area contributed by atoms with E-state index in [2.05, 4.69) is 15.3 Å². The highest BCUT2D eigenvalue weighted by Crippen LogP contribution is 2.20. The molecule has 0 unspecified atom stereocenters. The van der Waals surface area contributed by atoms with Gasteiger partial charge < -0.3 is 14.5 Å². The van der Waals surface area contributed by atoms with Crippen LogP contribution in [0.4, 0.5) is 5.82 Å². The molecular weight excluding hydrogens is 230 g/mol. The van der Waals surface area contributed by atoms with Crippen LogP contribution in [0.2, 0.25) is 0 Å². The van der Waals surface area contributed by atoms with Gasteiger partial charge in [0.05, 0.1) is 18.4 Å². The Bertz CT molecular complexity index is 483. The van der Waals surface area contributed by atoms with Crippen molar-refractivity contribution in [2.75, 3.05) is 18.5 Å². The number of furan rings is 1. The molecule has 5 heteroatoms. The van der Waals surface area contributed by atoms with Crippen molar-refractivity contribution in [1.82, 2.24) is 9.97 Å². The Morgan fingerprint density at radius 2 is 2.28 bits per heavy atom. The minimum absolute atomic E-state index is 0.601. The van der Waals surface area contributed by atoms with Crippen LogP contribution in [0.5, 0.6) is 5.88 Å². The van der Waals surface area contributed by atoms with Crippen LogP contribution in [0, 0.1) is 6.92 Å². The Morgan fingerprint density at radius 1 is 1.39 bits per heavy atom. The van der Waals surface area contributed by atoms with E-state index in [0.717, 1.165) is 30.1 Å². The summed E-state index contributed by atoms with van der Waals surface area (Å²) in [7, 11) is 0. The van der Waals surface area contributed by atoms with Gasteiger partial charge in [0.1, 0.15) is 17.9 Å². The number of aromatic nitrogens is 2. The molecule has 0 saturated carbocycles. The van der Waals surface area contributed by atoms with Gasteiger partial charge in [0.25, 0.3) is 0 Å². The van der Waals surface area contributed by atoms with Crippen molar-refractivity contribution < 1.29 is 9.15 Å². The van der Waals surface area contributed by atoms with Gasteiger partial charge in [-0.15, -0.1) is 0 Å². The molecule has 0 amide bonds. The van der Waals surface area contributed by atoms with Crippen molar-refractivity contribution in [1.29, 1.82) is 0 Å². The Labute approximate surface area is 106 Å². The Kier molecular flexibility index (Phi) is 4.17. The molecule has 0 aliphatic heterocycles. The molecule has 5 nitrogen and oxygen atoms in total. The maximum absolute atomic E-state index is 5.42. The van der Waals surface area contributed by atoms with Gasteiger partial charge in [-0.25, -0.2) is 9.97 Å². The molecule has 0 aliphatic carbocycles. The smallest absolute Gasteiger partial charge is 0.221 e. The molecule has 2 aromatic rings. The van der Waals surface area contributed by atoms with Gasteiger partial charge in [0.2, 0.25) is 5.88 Å². The van der Waals surface area contributed by atoms with Crippen LogP contribution in [0.3, 0.4) is 0 Å². The molecule has 0 aliphatic rings. The molecule has 0 bridgehead atoms. The van der Waals surface area contributed by atoms with E-state index in [-0.39, 0.29) is 0 Å². The summed E-state index contributed by atoms with van der Waals surface area (Å²) < 4.78 is 10.7. The fourth-order valence-electron chi connectivity index (χ4n) is 1.65. The third-order valence-electron chi connectivity index (χ3n) is 2.56. The number of hydrogen-bond acceptors (Lipinski definition) is 5. The number of rotatable bonds is 6. The van der Waals surface area contributed by atoms with Gasteiger partial charge in [-0.1, -0.05) is 0 Å². The summed E-state index contributed by atoms with van der Waals surface area (Å²) >= 11 is 0. The molecule has 0 aromatic carbocycles. The predicted molar refractivity (Wildman–Crippen MR) is 68.8 cm³/mol. The monoisotopic (exact) mass is 247 g/mol. The number of ether oxygens (including phenoxy) is 1. The van der Waals surface area contributed by atoms with E-state index in [0.29, 0.717) is 12.5 Å². The molecule has 96 valence electrons. The van der Waals surface area contributed by atoms with Crippen LogP contribution < -0.4 is 10.1 Å². The highest BCUT2D eigenvalue weighted by molar-refractivity contribution is 5.47. The maximum Gasteiger partial charge on any atom is 0.221 e. The topological polar surface area (TPSA) is 60.2 Å². The van der Waals surface area contributed by atoms with Crippen LogP contribution >= 0.6 is 0 Å². The van der Waals surface area contributed by atoms with Crippen molar-refractivity contribution in [3.8, 4) is 5.88 Å². The van der Waals surface area contributed by atoms with Crippen LogP contribution in [0.25, 0.3) is 0 Å². The zero-order valence-electron chi connectivity index (χ0n) is 10.6. The van der Waals surface area contributed by atoms with Gasteiger partial charge in [0.15, 0.2) is 0 Å². The Hall–Kier alpha value is -2.04. The molecule has 18 heavy (non-hydrogen) atoms. The first kappa shape index (κ1) is 12.4. The molecule has 0 fully saturated rings. The average Bonchev–Trinajstić information content (AvgIpc) is 2.87. The lowest BCUT2D eigenvalue weighted by Gasteiger charge is -2.10. The second-order valence-corrected chi connectivity index (χ2v) is 3.84. The average molecular weight is 247 g/mol. The Morgan fingerprint density at radius 3 is 3.00 bits per heavy atom. The highest BCUT2D eigenvalue weighted by Gasteiger charge is 2.07. The van der Waals surface area contributed by atoms with Crippen molar-refractivity contribution in [2.24, 2.45) is 0 Å². The highest BCUT2D eigenvalue weighted by atomic mass is 16.5. The van der Waals surface area contributed by atoms with Crippen molar-refractivity contribution in [3.05, 3.63) is 36.0 Å². The summed E-state index contributed by atoms with van der Waals surface area (Å²) in [5, 5.41) is 3.26. The summed E-state index contributed by atoms with van der Waals surface area (Å²) in [5.74, 6) is 2.40. The van der Waals surface area contributed by atoms with E-state index in [4.69, 9.17) is 9.15 Å². The summed E-state index contributed by atoms with van der Waals surface area (Å²) in [4.78, 5) is 8.30. The van der Waals surface area contributed by atoms with E-state index >= 15 is 0 Å². The molecular formula is C13H17N3O2. The zero-order valence-corrected chi connectivity index (χ0v) is 10.6. The lowest BCUT2D eigenvalue weighted by atomic mass is 10.3. The third kappa shape index (κ3) is 3.00. The maximum atomic E-state index is 5.42. The van der Waals surface area contributed by atoms with Crippen LogP contribution in [0.15, 0.2) is 29.1 Å². The summed E-state index contributed by atoms with van der Waals surface area (Å²) in [6.07, 6.45) is 4.01. The SMILES string of the molecule is CCOc1ncnc(NCCc2ccco2)c1C. The second kappa shape index (κ2) is 6.05. The van der Waals surface area contributed by atoms with E-state index in [9.17, 15) is 0 Å². The first-order valence-corrected chi connectivity index (χ1v) is 6.02. The fourth-order valence-corrected chi connectivity index (χ4v) is 1.65. The summed E-state index contributed by atoms with van der Waals surface area (Å²) in [6.45, 7) is 5.24. The number of hydrogen-bond donors (Lipinski definition) is 1. The predicted octanol–water partition coefficient (Wildman–Crippen LogP) is 2.43. The first-order valence-electron chi connectivity index (χ1n) is 6.02. The molecule has 2 heterocycles. The molecule has 0 radical (unpaired) electrons. The zero-order chi connectivity index (χ0) is 12.8. The summed E-state index contributed by atoms with van der Waals surface area (Å²) in [5.41, 5.74) is 0.929. The first-order chi connectivity index (χ1) is 8.81. The van der Waals surface area contributed by atoms with E-state index in [1.54, 1.807) is 6.26 Å². The molecule has 0 spiro atoms. The standard InChI is InChI=1S/C13H17N3O2/c1-3-17-13-10(2)12(15-9-16-13)14-7-6-11-5-4-8-18-11/h4-5,8-9H,3,6-7H2,1-2H3,(H,14,15,16). The van der Waals surface area contributed by atoms with Crippen LogP contribution in [0.1, 0.15) is 18.2 Å². The fraction of sp³-hybridized carbons (Fsp3) is 0.385. The van der Waals surface area contributed by atoms with E-state index in [1.165, 1.54) is 6.33 Å². The van der Waals surface area contributed by atoms with Crippen LogP contribution in [-0.2, 0) is 6.42 Å². The number of nitrogens with one attached hydrogen (secondary N) is 1. The molecule has 0 saturated heterocycles. The lowest BCUT2D eigenvalue weighted by Crippen LogP contribution is -2.09. The van der Waals surface area contributed by atoms with E-state index in [1.807, 2.05) is 26.0 Å². The van der Waals surface area contributed by atoms with Crippen molar-refractivity contribution in [3.63, 3.8) is 0 Å². The minimum atomic E-state index is 0.601. The van der Waals surface area contributed by atoms with Crippen molar-refractivity contribution in [2.45, 2.75) is 20.3 Å². The minimum Gasteiger partial charge on any atom is -0.478 e.